The lowest BCUT2D eigenvalue weighted by molar-refractivity contribution is 0.187. The third-order valence-electron chi connectivity index (χ3n) is 6.95. The van der Waals surface area contributed by atoms with E-state index in [2.05, 4.69) is 56.3 Å². The summed E-state index contributed by atoms with van der Waals surface area (Å²) in [4.78, 5) is 0.211. The molecule has 0 aliphatic rings. The number of hydrogen-bond donors (Lipinski definition) is 2. The zero-order valence-electron chi connectivity index (χ0n) is 22.9. The van der Waals surface area contributed by atoms with Crippen LogP contribution >= 0.6 is 0 Å². The number of nitrogens with one attached hydrogen (secondary N) is 1. The summed E-state index contributed by atoms with van der Waals surface area (Å²) in [6.45, 7) is 12.4. The number of aryl methyl sites for hydroxylation is 1. The molecule has 0 unspecified atom stereocenters. The fourth-order valence-electron chi connectivity index (χ4n) is 5.03. The molecule has 0 fully saturated rings. The third-order valence-corrected chi connectivity index (χ3v) is 13.5. The first-order valence-electron chi connectivity index (χ1n) is 13.1. The lowest BCUT2D eigenvalue weighted by Crippen LogP contribution is -2.67. The Morgan fingerprint density at radius 2 is 1.47 bits per heavy atom. The average molecular weight is 552 g/mol. The Balaban J connectivity index is 2.03. The minimum Gasteiger partial charge on any atom is -0.406 e. The summed E-state index contributed by atoms with van der Waals surface area (Å²) < 4.78 is 36.8. The van der Waals surface area contributed by atoms with Crippen LogP contribution in [0.3, 0.4) is 0 Å². The van der Waals surface area contributed by atoms with Crippen LogP contribution < -0.4 is 15.1 Å². The fourth-order valence-corrected chi connectivity index (χ4v) is 10.9. The summed E-state index contributed by atoms with van der Waals surface area (Å²) in [5.74, 6) is -0.138. The second-order valence-corrected chi connectivity index (χ2v) is 16.9. The van der Waals surface area contributed by atoms with Crippen molar-refractivity contribution in [1.29, 1.82) is 0 Å². The zero-order chi connectivity index (χ0) is 27.8. The number of aliphatic hydroxyl groups excluding tert-OH is 1. The van der Waals surface area contributed by atoms with Gasteiger partial charge >= 0.3 is 0 Å². The molecule has 3 rings (SSSR count). The highest BCUT2D eigenvalue weighted by molar-refractivity contribution is 7.89. The van der Waals surface area contributed by atoms with Gasteiger partial charge < -0.3 is 9.53 Å². The quantitative estimate of drug-likeness (QED) is 0.237. The summed E-state index contributed by atoms with van der Waals surface area (Å²) in [5, 5.41) is 12.0. The van der Waals surface area contributed by atoms with Crippen molar-refractivity contribution in [2.45, 2.75) is 56.5 Å². The molecule has 204 valence electrons. The summed E-state index contributed by atoms with van der Waals surface area (Å²) in [7, 11) is -6.67. The molecule has 2 N–H and O–H groups in total. The summed E-state index contributed by atoms with van der Waals surface area (Å²) in [6, 6.07) is 26.8. The molecule has 0 saturated heterocycles. The SMILES string of the molecule is C=CC[C@@H](CO)C[C@@H](CO[Si](c1ccccc1)(c1ccccc1)C(C)(C)C)NS(=O)(=O)c1ccc(C)cc1. The molecule has 0 radical (unpaired) electrons. The predicted molar refractivity (Wildman–Crippen MR) is 159 cm³/mol. The molecule has 2 atom stereocenters. The predicted octanol–water partition coefficient (Wildman–Crippen LogP) is 4.79. The van der Waals surface area contributed by atoms with Crippen LogP contribution in [0, 0.1) is 12.8 Å². The van der Waals surface area contributed by atoms with Gasteiger partial charge in [-0.2, -0.15) is 0 Å². The van der Waals surface area contributed by atoms with Gasteiger partial charge in [0.05, 0.1) is 11.5 Å². The second kappa shape index (κ2) is 13.0. The molecule has 0 aromatic heterocycles. The van der Waals surface area contributed by atoms with Crippen molar-refractivity contribution in [1.82, 2.24) is 4.72 Å². The lowest BCUT2D eigenvalue weighted by Gasteiger charge is -2.44. The van der Waals surface area contributed by atoms with Gasteiger partial charge in [-0.3, -0.25) is 0 Å². The Kier molecular flexibility index (Phi) is 10.3. The maximum Gasteiger partial charge on any atom is 0.261 e. The molecule has 0 heterocycles. The highest BCUT2D eigenvalue weighted by atomic mass is 32.2. The van der Waals surface area contributed by atoms with Gasteiger partial charge in [-0.05, 0) is 53.2 Å². The molecular formula is C31H41NO4SSi. The van der Waals surface area contributed by atoms with Gasteiger partial charge in [-0.25, -0.2) is 13.1 Å². The molecular weight excluding hydrogens is 510 g/mol. The highest BCUT2D eigenvalue weighted by Gasteiger charge is 2.50. The van der Waals surface area contributed by atoms with Gasteiger partial charge in [-0.15, -0.1) is 6.58 Å². The average Bonchev–Trinajstić information content (AvgIpc) is 2.89. The normalized spacial score (nSPS) is 14.1. The standard InChI is InChI=1S/C31H41NO4SSi/c1-6-13-26(23-33)22-27(32-37(34,35)28-20-18-25(2)19-21-28)24-36-38(31(3,4)5,29-14-9-7-10-15-29)30-16-11-8-12-17-30/h6-12,14-21,26-27,32-33H,1,13,22-24H2,2-5H3/t26-,27+/m1/s1. The van der Waals surface area contributed by atoms with Gasteiger partial charge in [0, 0.05) is 12.6 Å². The van der Waals surface area contributed by atoms with Crippen LogP contribution in [0.2, 0.25) is 5.04 Å². The van der Waals surface area contributed by atoms with Crippen LogP contribution in [0.4, 0.5) is 0 Å². The van der Waals surface area contributed by atoms with Crippen molar-refractivity contribution in [2.75, 3.05) is 13.2 Å². The van der Waals surface area contributed by atoms with Crippen molar-refractivity contribution in [3.8, 4) is 0 Å². The van der Waals surface area contributed by atoms with E-state index in [0.29, 0.717) is 12.8 Å². The number of hydrogen-bond acceptors (Lipinski definition) is 4. The van der Waals surface area contributed by atoms with E-state index in [1.807, 2.05) is 43.3 Å². The molecule has 0 aliphatic heterocycles. The summed E-state index contributed by atoms with van der Waals surface area (Å²) in [6.07, 6.45) is 2.76. The van der Waals surface area contributed by atoms with Crippen LogP contribution in [-0.4, -0.2) is 41.1 Å². The minimum atomic E-state index is -3.80. The largest absolute Gasteiger partial charge is 0.406 e. The van der Waals surface area contributed by atoms with E-state index >= 15 is 0 Å². The van der Waals surface area contributed by atoms with E-state index in [1.165, 1.54) is 0 Å². The van der Waals surface area contributed by atoms with Crippen LogP contribution in [0.25, 0.3) is 0 Å². The summed E-state index contributed by atoms with van der Waals surface area (Å²) in [5.41, 5.74) is 0.988. The molecule has 0 aliphatic carbocycles. The van der Waals surface area contributed by atoms with Crippen molar-refractivity contribution in [2.24, 2.45) is 5.92 Å². The van der Waals surface area contributed by atoms with E-state index in [0.717, 1.165) is 15.9 Å². The van der Waals surface area contributed by atoms with Crippen molar-refractivity contribution in [3.05, 3.63) is 103 Å². The van der Waals surface area contributed by atoms with E-state index in [4.69, 9.17) is 4.43 Å². The Morgan fingerprint density at radius 1 is 0.947 bits per heavy atom. The maximum absolute atomic E-state index is 13.4. The first kappa shape index (κ1) is 30.0. The first-order valence-corrected chi connectivity index (χ1v) is 16.5. The Bertz CT molecular complexity index is 1220. The molecule has 5 nitrogen and oxygen atoms in total. The molecule has 3 aromatic rings. The van der Waals surface area contributed by atoms with E-state index in [1.54, 1.807) is 30.3 Å². The van der Waals surface area contributed by atoms with Gasteiger partial charge in [0.25, 0.3) is 8.32 Å². The number of allylic oxidation sites excluding steroid dienone is 1. The van der Waals surface area contributed by atoms with Crippen LogP contribution in [0.15, 0.2) is 102 Å². The Hall–Kier alpha value is -2.55. The number of rotatable bonds is 13. The Labute approximate surface area is 229 Å². The topological polar surface area (TPSA) is 75.6 Å². The number of sulfonamides is 1. The number of benzene rings is 3. The van der Waals surface area contributed by atoms with E-state index < -0.39 is 24.4 Å². The van der Waals surface area contributed by atoms with Crippen LogP contribution in [-0.2, 0) is 14.4 Å². The highest BCUT2D eigenvalue weighted by Crippen LogP contribution is 2.37. The molecule has 3 aromatic carbocycles. The fraction of sp³-hybridized carbons (Fsp3) is 0.355. The van der Waals surface area contributed by atoms with Crippen LogP contribution in [0.1, 0.15) is 39.2 Å². The van der Waals surface area contributed by atoms with Crippen molar-refractivity contribution in [3.63, 3.8) is 0 Å². The molecule has 7 heteroatoms. The Morgan fingerprint density at radius 3 is 1.92 bits per heavy atom. The molecule has 0 bridgehead atoms. The van der Waals surface area contributed by atoms with Gasteiger partial charge in [-0.1, -0.05) is 105 Å². The zero-order valence-corrected chi connectivity index (χ0v) is 24.7. The molecule has 0 saturated carbocycles. The van der Waals surface area contributed by atoms with Gasteiger partial charge in [0.15, 0.2) is 0 Å². The van der Waals surface area contributed by atoms with E-state index in [-0.39, 0.29) is 29.1 Å². The lowest BCUT2D eigenvalue weighted by atomic mass is 9.98. The molecule has 0 spiro atoms. The monoisotopic (exact) mass is 551 g/mol. The smallest absolute Gasteiger partial charge is 0.261 e. The van der Waals surface area contributed by atoms with Crippen LogP contribution in [0.5, 0.6) is 0 Å². The van der Waals surface area contributed by atoms with Gasteiger partial charge in [0.1, 0.15) is 0 Å². The van der Waals surface area contributed by atoms with E-state index in [9.17, 15) is 13.5 Å². The maximum atomic E-state index is 13.4. The number of aliphatic hydroxyl groups is 1. The molecule has 38 heavy (non-hydrogen) atoms. The summed E-state index contributed by atoms with van der Waals surface area (Å²) >= 11 is 0. The van der Waals surface area contributed by atoms with Crippen molar-refractivity contribution < 1.29 is 18.0 Å². The molecule has 0 amide bonds. The minimum absolute atomic E-state index is 0.0615. The third kappa shape index (κ3) is 7.10. The van der Waals surface area contributed by atoms with Gasteiger partial charge in [0.2, 0.25) is 10.0 Å². The van der Waals surface area contributed by atoms with Crippen molar-refractivity contribution >= 4 is 28.7 Å². The first-order chi connectivity index (χ1) is 18.0. The second-order valence-electron chi connectivity index (χ2n) is 10.9.